The molecule has 2 saturated heterocycles. The van der Waals surface area contributed by atoms with Crippen LogP contribution >= 0.6 is 11.8 Å². The van der Waals surface area contributed by atoms with Gasteiger partial charge in [0.05, 0.1) is 17.5 Å². The summed E-state index contributed by atoms with van der Waals surface area (Å²) in [5.41, 5.74) is 3.11. The molecule has 2 heterocycles. The average molecular weight is 381 g/mol. The summed E-state index contributed by atoms with van der Waals surface area (Å²) in [6.07, 6.45) is 0.741. The van der Waals surface area contributed by atoms with Gasteiger partial charge in [-0.25, -0.2) is 8.42 Å². The van der Waals surface area contributed by atoms with Gasteiger partial charge in [0, 0.05) is 16.9 Å². The van der Waals surface area contributed by atoms with Crippen molar-refractivity contribution < 1.29 is 13.2 Å². The van der Waals surface area contributed by atoms with E-state index < -0.39 is 9.84 Å². The Labute approximate surface area is 153 Å². The lowest BCUT2D eigenvalue weighted by Crippen LogP contribution is -2.38. The Hall–Kier alpha value is -1.34. The number of rotatable bonds is 3. The number of hydrogen-bond acceptors (Lipinski definition) is 4. The molecule has 3 atom stereocenters. The number of amides is 1. The van der Waals surface area contributed by atoms with Crippen molar-refractivity contribution in [3.8, 4) is 0 Å². The van der Waals surface area contributed by atoms with Crippen LogP contribution < -0.4 is 4.90 Å². The molecule has 0 bridgehead atoms. The predicted octanol–water partition coefficient (Wildman–Crippen LogP) is 2.95. The number of benzene rings is 1. The zero-order chi connectivity index (χ0) is 18.4. The van der Waals surface area contributed by atoms with Gasteiger partial charge in [0.15, 0.2) is 15.0 Å². The van der Waals surface area contributed by atoms with Crippen molar-refractivity contribution >= 4 is 38.4 Å². The van der Waals surface area contributed by atoms with E-state index in [9.17, 15) is 13.2 Å². The van der Waals surface area contributed by atoms with Gasteiger partial charge in [-0.15, -0.1) is 0 Å². The molecule has 1 amide bonds. The number of anilines is 1. The monoisotopic (exact) mass is 380 g/mol. The Kier molecular flexibility index (Phi) is 4.99. The standard InChI is InChI=1S/C18H24N2O3S2/c1-5-11(2)17(21)19-18-20(16-12(3)7-6-8-13(16)4)14-9-25(22,23)10-15(14)24-18/h6-8,11,14-15H,5,9-10H2,1-4H3/t11-,14+,15+/m0/s1. The van der Waals surface area contributed by atoms with Gasteiger partial charge in [0.1, 0.15) is 0 Å². The fourth-order valence-corrected chi connectivity index (χ4v) is 7.30. The van der Waals surface area contributed by atoms with E-state index in [4.69, 9.17) is 0 Å². The molecule has 3 rings (SSSR count). The van der Waals surface area contributed by atoms with Crippen LogP contribution in [0.15, 0.2) is 23.2 Å². The van der Waals surface area contributed by atoms with Crippen LogP contribution in [-0.2, 0) is 14.6 Å². The quantitative estimate of drug-likeness (QED) is 0.806. The van der Waals surface area contributed by atoms with Crippen molar-refractivity contribution in [2.75, 3.05) is 16.4 Å². The lowest BCUT2D eigenvalue weighted by Gasteiger charge is -2.28. The van der Waals surface area contributed by atoms with Gasteiger partial charge in [0.2, 0.25) is 0 Å². The molecular weight excluding hydrogens is 356 g/mol. The van der Waals surface area contributed by atoms with E-state index in [2.05, 4.69) is 4.99 Å². The zero-order valence-electron chi connectivity index (χ0n) is 15.0. The summed E-state index contributed by atoms with van der Waals surface area (Å²) in [5, 5.41) is 0.583. The number of fused-ring (bicyclic) bond motifs is 1. The van der Waals surface area contributed by atoms with E-state index in [1.54, 1.807) is 0 Å². The highest BCUT2D eigenvalue weighted by Gasteiger charge is 2.50. The molecule has 0 unspecified atom stereocenters. The lowest BCUT2D eigenvalue weighted by atomic mass is 10.1. The summed E-state index contributed by atoms with van der Waals surface area (Å²) in [6, 6.07) is 5.86. The highest BCUT2D eigenvalue weighted by molar-refractivity contribution is 8.16. The van der Waals surface area contributed by atoms with Crippen LogP contribution in [0.4, 0.5) is 5.69 Å². The van der Waals surface area contributed by atoms with Crippen molar-refractivity contribution in [3.05, 3.63) is 29.3 Å². The Bertz CT molecular complexity index is 812. The van der Waals surface area contributed by atoms with E-state index >= 15 is 0 Å². The van der Waals surface area contributed by atoms with Crippen LogP contribution in [0, 0.1) is 19.8 Å². The van der Waals surface area contributed by atoms with Crippen LogP contribution in [0.1, 0.15) is 31.4 Å². The minimum atomic E-state index is -3.05. The highest BCUT2D eigenvalue weighted by atomic mass is 32.2. The Morgan fingerprint density at radius 3 is 2.56 bits per heavy atom. The molecule has 136 valence electrons. The molecule has 7 heteroatoms. The summed E-state index contributed by atoms with van der Waals surface area (Å²) in [6.45, 7) is 7.87. The number of hydrogen-bond donors (Lipinski definition) is 0. The van der Waals surface area contributed by atoms with Crippen LogP contribution in [0.2, 0.25) is 0 Å². The molecule has 0 saturated carbocycles. The van der Waals surface area contributed by atoms with Gasteiger partial charge in [-0.05, 0) is 31.4 Å². The van der Waals surface area contributed by atoms with E-state index in [0.717, 1.165) is 23.2 Å². The lowest BCUT2D eigenvalue weighted by molar-refractivity contribution is -0.121. The third-order valence-corrected chi connectivity index (χ3v) is 8.20. The molecule has 5 nitrogen and oxygen atoms in total. The van der Waals surface area contributed by atoms with Crippen LogP contribution in [0.25, 0.3) is 0 Å². The van der Waals surface area contributed by atoms with Crippen molar-refractivity contribution in [1.29, 1.82) is 0 Å². The smallest absolute Gasteiger partial charge is 0.250 e. The van der Waals surface area contributed by atoms with Gasteiger partial charge in [-0.2, -0.15) is 4.99 Å². The van der Waals surface area contributed by atoms with Crippen LogP contribution in [0.3, 0.4) is 0 Å². The first kappa shape index (κ1) is 18.5. The normalized spacial score (nSPS) is 27.5. The van der Waals surface area contributed by atoms with Gasteiger partial charge < -0.3 is 4.90 Å². The van der Waals surface area contributed by atoms with E-state index in [1.807, 2.05) is 50.8 Å². The van der Waals surface area contributed by atoms with E-state index in [0.29, 0.717) is 5.17 Å². The van der Waals surface area contributed by atoms with Crippen LogP contribution in [-0.4, -0.2) is 42.3 Å². The Morgan fingerprint density at radius 2 is 1.96 bits per heavy atom. The average Bonchev–Trinajstić information content (AvgIpc) is 2.98. The van der Waals surface area contributed by atoms with Crippen molar-refractivity contribution in [2.45, 2.75) is 45.4 Å². The first-order chi connectivity index (χ1) is 11.7. The largest absolute Gasteiger partial charge is 0.315 e. The summed E-state index contributed by atoms with van der Waals surface area (Å²) < 4.78 is 24.3. The summed E-state index contributed by atoms with van der Waals surface area (Å²) >= 11 is 1.44. The van der Waals surface area contributed by atoms with Gasteiger partial charge in [-0.3, -0.25) is 4.79 Å². The predicted molar refractivity (Wildman–Crippen MR) is 104 cm³/mol. The molecule has 1 aromatic rings. The molecule has 1 aromatic carbocycles. The summed E-state index contributed by atoms with van der Waals surface area (Å²) in [4.78, 5) is 18.8. The van der Waals surface area contributed by atoms with E-state index in [1.165, 1.54) is 11.8 Å². The van der Waals surface area contributed by atoms with Crippen molar-refractivity contribution in [3.63, 3.8) is 0 Å². The topological polar surface area (TPSA) is 66.8 Å². The molecule has 2 aliphatic rings. The van der Waals surface area contributed by atoms with Gasteiger partial charge >= 0.3 is 0 Å². The minimum Gasteiger partial charge on any atom is -0.315 e. The Balaban J connectivity index is 2.07. The SMILES string of the molecule is CC[C@H](C)C(=O)N=C1S[C@@H]2CS(=O)(=O)C[C@H]2N1c1c(C)cccc1C. The zero-order valence-corrected chi connectivity index (χ0v) is 16.7. The number of aliphatic imine (C=N–C) groups is 1. The number of aryl methyl sites for hydroxylation is 2. The maximum absolute atomic E-state index is 12.4. The third-order valence-electron chi connectivity index (χ3n) is 4.99. The molecule has 0 spiro atoms. The molecule has 0 aromatic heterocycles. The second kappa shape index (κ2) is 6.76. The first-order valence-corrected chi connectivity index (χ1v) is 11.3. The fourth-order valence-electron chi connectivity index (χ4n) is 3.39. The minimum absolute atomic E-state index is 0.0625. The third kappa shape index (κ3) is 3.49. The van der Waals surface area contributed by atoms with Gasteiger partial charge in [-0.1, -0.05) is 43.8 Å². The number of para-hydroxylation sites is 1. The molecule has 0 N–H and O–H groups in total. The second-order valence-electron chi connectivity index (χ2n) is 6.95. The molecule has 25 heavy (non-hydrogen) atoms. The fraction of sp³-hybridized carbons (Fsp3) is 0.556. The molecule has 0 aliphatic carbocycles. The second-order valence-corrected chi connectivity index (χ2v) is 10.3. The maximum atomic E-state index is 12.4. The number of nitrogens with zero attached hydrogens (tertiary/aromatic N) is 2. The Morgan fingerprint density at radius 1 is 1.32 bits per heavy atom. The maximum Gasteiger partial charge on any atom is 0.250 e. The summed E-state index contributed by atoms with van der Waals surface area (Å²) in [7, 11) is -3.05. The number of carbonyl (C=O) groups excluding carboxylic acids is 1. The highest BCUT2D eigenvalue weighted by Crippen LogP contribution is 2.43. The molecular formula is C18H24N2O3S2. The number of sulfone groups is 1. The number of thioether (sulfide) groups is 1. The first-order valence-electron chi connectivity index (χ1n) is 8.58. The van der Waals surface area contributed by atoms with Crippen LogP contribution in [0.5, 0.6) is 0 Å². The number of amidine groups is 1. The van der Waals surface area contributed by atoms with Crippen molar-refractivity contribution in [1.82, 2.24) is 0 Å². The van der Waals surface area contributed by atoms with Crippen molar-refractivity contribution in [2.24, 2.45) is 10.9 Å². The van der Waals surface area contributed by atoms with E-state index in [-0.39, 0.29) is 34.6 Å². The molecule has 2 fully saturated rings. The number of carbonyl (C=O) groups is 1. The molecule has 0 radical (unpaired) electrons. The van der Waals surface area contributed by atoms with Gasteiger partial charge in [0.25, 0.3) is 5.91 Å². The molecule has 2 aliphatic heterocycles. The summed E-state index contributed by atoms with van der Waals surface area (Å²) in [5.74, 6) is 0.0103.